The molecule has 1 aromatic carbocycles. The zero-order valence-electron chi connectivity index (χ0n) is 11.3. The van der Waals surface area contributed by atoms with Gasteiger partial charge in [0, 0.05) is 17.4 Å². The topological polar surface area (TPSA) is 48.4 Å². The van der Waals surface area contributed by atoms with Crippen LogP contribution in [0.1, 0.15) is 18.9 Å². The molecule has 3 rings (SSSR count). The van der Waals surface area contributed by atoms with E-state index in [1.807, 2.05) is 24.3 Å². The molecule has 4 heteroatoms. The summed E-state index contributed by atoms with van der Waals surface area (Å²) in [5.41, 5.74) is 7.27. The Labute approximate surface area is 122 Å². The molecule has 2 N–H and O–H groups in total. The third-order valence-electron chi connectivity index (χ3n) is 3.53. The predicted molar refractivity (Wildman–Crippen MR) is 82.2 cm³/mol. The van der Waals surface area contributed by atoms with Crippen molar-refractivity contribution < 1.29 is 9.15 Å². The fourth-order valence-corrected chi connectivity index (χ4v) is 3.16. The van der Waals surface area contributed by atoms with Crippen molar-refractivity contribution in [2.24, 2.45) is 5.73 Å². The van der Waals surface area contributed by atoms with Crippen molar-refractivity contribution in [2.45, 2.75) is 18.9 Å². The summed E-state index contributed by atoms with van der Waals surface area (Å²) in [6.07, 6.45) is 2.43. The van der Waals surface area contributed by atoms with Crippen molar-refractivity contribution >= 4 is 22.3 Å². The molecule has 0 amide bonds. The Balaban J connectivity index is 2.00. The Hall–Kier alpha value is -1.78. The van der Waals surface area contributed by atoms with Gasteiger partial charge in [-0.1, -0.05) is 12.1 Å². The molecule has 2 aromatic heterocycles. The number of hydrogen-bond donors (Lipinski definition) is 1. The molecular weight excluding hydrogens is 270 g/mol. The normalized spacial score (nSPS) is 14.3. The lowest BCUT2D eigenvalue weighted by Crippen LogP contribution is -2.31. The average molecular weight is 287 g/mol. The van der Waals surface area contributed by atoms with Gasteiger partial charge in [-0.3, -0.25) is 0 Å². The third kappa shape index (κ3) is 2.32. The average Bonchev–Trinajstić information content (AvgIpc) is 3.11. The Morgan fingerprint density at radius 3 is 2.95 bits per heavy atom. The summed E-state index contributed by atoms with van der Waals surface area (Å²) in [5.74, 6) is 0.759. The Morgan fingerprint density at radius 2 is 2.20 bits per heavy atom. The summed E-state index contributed by atoms with van der Waals surface area (Å²) in [4.78, 5) is 0. The first-order chi connectivity index (χ1) is 9.73. The lowest BCUT2D eigenvalue weighted by Gasteiger charge is -2.30. The fraction of sp³-hybridized carbons (Fsp3) is 0.250. The van der Waals surface area contributed by atoms with Crippen LogP contribution < -0.4 is 10.5 Å². The van der Waals surface area contributed by atoms with Crippen molar-refractivity contribution in [2.75, 3.05) is 6.54 Å². The third-order valence-corrected chi connectivity index (χ3v) is 4.21. The summed E-state index contributed by atoms with van der Waals surface area (Å²) in [6, 6.07) is 9.95. The lowest BCUT2D eigenvalue weighted by molar-refractivity contribution is 0.0807. The number of ether oxygens (including phenoxy) is 1. The minimum atomic E-state index is -0.435. The van der Waals surface area contributed by atoms with Crippen LogP contribution in [0.3, 0.4) is 0 Å². The highest BCUT2D eigenvalue weighted by atomic mass is 32.1. The van der Waals surface area contributed by atoms with E-state index < -0.39 is 5.60 Å². The maximum absolute atomic E-state index is 6.29. The Bertz CT molecular complexity index is 689. The van der Waals surface area contributed by atoms with Gasteiger partial charge in [-0.2, -0.15) is 11.3 Å². The quantitative estimate of drug-likeness (QED) is 0.767. The molecule has 0 bridgehead atoms. The second-order valence-corrected chi connectivity index (χ2v) is 5.76. The number of rotatable bonds is 5. The van der Waals surface area contributed by atoms with Gasteiger partial charge < -0.3 is 14.9 Å². The standard InChI is InChI=1S/C16H17NO2S/c1-16(7-8-17,13-6-10-20-11-13)19-14-4-2-3-12-5-9-18-15(12)14/h2-6,9-11H,7-8,17H2,1H3/t16-/m1/s1. The van der Waals surface area contributed by atoms with E-state index >= 15 is 0 Å². The summed E-state index contributed by atoms with van der Waals surface area (Å²) >= 11 is 1.66. The van der Waals surface area contributed by atoms with Crippen LogP contribution in [0.25, 0.3) is 11.0 Å². The molecule has 0 aliphatic rings. The molecule has 3 nitrogen and oxygen atoms in total. The van der Waals surface area contributed by atoms with Crippen LogP contribution in [0.2, 0.25) is 0 Å². The second-order valence-electron chi connectivity index (χ2n) is 4.98. The summed E-state index contributed by atoms with van der Waals surface area (Å²) in [7, 11) is 0. The van der Waals surface area contributed by atoms with Crippen LogP contribution in [0, 0.1) is 0 Å². The molecule has 0 saturated heterocycles. The van der Waals surface area contributed by atoms with Crippen LogP contribution in [-0.2, 0) is 5.60 Å². The second kappa shape index (κ2) is 5.31. The number of furan rings is 1. The maximum atomic E-state index is 6.29. The molecule has 0 radical (unpaired) electrons. The molecule has 0 saturated carbocycles. The van der Waals surface area contributed by atoms with Crippen molar-refractivity contribution in [3.63, 3.8) is 0 Å². The number of nitrogens with two attached hydrogens (primary N) is 1. The maximum Gasteiger partial charge on any atom is 0.175 e. The van der Waals surface area contributed by atoms with Crippen molar-refractivity contribution in [1.82, 2.24) is 0 Å². The predicted octanol–water partition coefficient (Wildman–Crippen LogP) is 4.14. The SMILES string of the molecule is C[C@](CCN)(Oc1cccc2ccoc12)c1ccsc1. The van der Waals surface area contributed by atoms with E-state index in [0.29, 0.717) is 6.54 Å². The van der Waals surface area contributed by atoms with E-state index in [2.05, 4.69) is 23.8 Å². The molecular formula is C16H17NO2S. The number of fused-ring (bicyclic) bond motifs is 1. The van der Waals surface area contributed by atoms with E-state index in [1.54, 1.807) is 17.6 Å². The zero-order chi connectivity index (χ0) is 14.0. The molecule has 0 aliphatic heterocycles. The van der Waals surface area contributed by atoms with Gasteiger partial charge in [-0.25, -0.2) is 0 Å². The molecule has 0 aliphatic carbocycles. The highest BCUT2D eigenvalue weighted by Crippen LogP contribution is 2.36. The number of thiophene rings is 1. The first kappa shape index (κ1) is 13.2. The Kier molecular flexibility index (Phi) is 3.51. The van der Waals surface area contributed by atoms with Gasteiger partial charge in [0.2, 0.25) is 0 Å². The molecule has 20 heavy (non-hydrogen) atoms. The zero-order valence-corrected chi connectivity index (χ0v) is 12.2. The van der Waals surface area contributed by atoms with Crippen LogP contribution in [0.5, 0.6) is 5.75 Å². The van der Waals surface area contributed by atoms with Gasteiger partial charge in [0.05, 0.1) is 6.26 Å². The van der Waals surface area contributed by atoms with Gasteiger partial charge in [-0.15, -0.1) is 0 Å². The number of para-hydroxylation sites is 1. The highest BCUT2D eigenvalue weighted by Gasteiger charge is 2.29. The van der Waals surface area contributed by atoms with E-state index in [-0.39, 0.29) is 0 Å². The van der Waals surface area contributed by atoms with Crippen LogP contribution in [-0.4, -0.2) is 6.54 Å². The van der Waals surface area contributed by atoms with E-state index in [1.165, 1.54) is 0 Å². The van der Waals surface area contributed by atoms with Crippen LogP contribution in [0.4, 0.5) is 0 Å². The molecule has 3 aromatic rings. The number of hydrogen-bond acceptors (Lipinski definition) is 4. The van der Waals surface area contributed by atoms with Crippen LogP contribution in [0.15, 0.2) is 51.8 Å². The summed E-state index contributed by atoms with van der Waals surface area (Å²) in [5, 5.41) is 5.21. The minimum absolute atomic E-state index is 0.435. The van der Waals surface area contributed by atoms with Crippen LogP contribution >= 0.6 is 11.3 Å². The van der Waals surface area contributed by atoms with Gasteiger partial charge in [0.1, 0.15) is 5.60 Å². The van der Waals surface area contributed by atoms with Gasteiger partial charge in [0.25, 0.3) is 0 Å². The molecule has 2 heterocycles. The summed E-state index contributed by atoms with van der Waals surface area (Å²) in [6.45, 7) is 2.64. The van der Waals surface area contributed by atoms with E-state index in [4.69, 9.17) is 14.9 Å². The molecule has 104 valence electrons. The monoisotopic (exact) mass is 287 g/mol. The summed E-state index contributed by atoms with van der Waals surface area (Å²) < 4.78 is 11.8. The van der Waals surface area contributed by atoms with Crippen molar-refractivity contribution in [1.29, 1.82) is 0 Å². The molecule has 1 atom stereocenters. The van der Waals surface area contributed by atoms with E-state index in [9.17, 15) is 0 Å². The first-order valence-electron chi connectivity index (χ1n) is 6.61. The largest absolute Gasteiger partial charge is 0.479 e. The molecule has 0 fully saturated rings. The van der Waals surface area contributed by atoms with E-state index in [0.717, 1.165) is 28.7 Å². The van der Waals surface area contributed by atoms with Crippen molar-refractivity contribution in [3.05, 3.63) is 52.9 Å². The molecule has 0 unspecified atom stereocenters. The minimum Gasteiger partial charge on any atom is -0.479 e. The van der Waals surface area contributed by atoms with Gasteiger partial charge >= 0.3 is 0 Å². The lowest BCUT2D eigenvalue weighted by atomic mass is 9.94. The molecule has 0 spiro atoms. The Morgan fingerprint density at radius 1 is 1.30 bits per heavy atom. The van der Waals surface area contributed by atoms with Crippen molar-refractivity contribution in [3.8, 4) is 5.75 Å². The highest BCUT2D eigenvalue weighted by molar-refractivity contribution is 7.08. The fourth-order valence-electron chi connectivity index (χ4n) is 2.38. The smallest absolute Gasteiger partial charge is 0.175 e. The number of benzene rings is 1. The van der Waals surface area contributed by atoms with Gasteiger partial charge in [-0.05, 0) is 42.4 Å². The van der Waals surface area contributed by atoms with Gasteiger partial charge in [0.15, 0.2) is 11.3 Å². The first-order valence-corrected chi connectivity index (χ1v) is 7.55.